The Balaban J connectivity index is 1.72. The summed E-state index contributed by atoms with van der Waals surface area (Å²) in [6.45, 7) is 0.575. The minimum Gasteiger partial charge on any atom is -0.379 e. The number of halogens is 3. The van der Waals surface area contributed by atoms with Crippen LogP contribution in [-0.4, -0.2) is 14.8 Å². The standard InChI is InChI=1S/C17H14F3N5/c1-25-14(8-15(24-25)17(18,19)20)10-4-5-12-13(7-10)22-9-11-3-2-6-21-16(11)23-12/h2-8,22H,9H2,1H3,(H,21,23). The van der Waals surface area contributed by atoms with Gasteiger partial charge in [0.2, 0.25) is 0 Å². The predicted octanol–water partition coefficient (Wildman–Crippen LogP) is 4.17. The van der Waals surface area contributed by atoms with Crippen molar-refractivity contribution in [1.29, 1.82) is 0 Å². The van der Waals surface area contributed by atoms with Crippen molar-refractivity contribution in [2.24, 2.45) is 7.05 Å². The summed E-state index contributed by atoms with van der Waals surface area (Å²) in [5, 5.41) is 10.1. The fourth-order valence-corrected chi connectivity index (χ4v) is 2.85. The second kappa shape index (κ2) is 5.51. The van der Waals surface area contributed by atoms with E-state index >= 15 is 0 Å². The highest BCUT2D eigenvalue weighted by atomic mass is 19.4. The average molecular weight is 345 g/mol. The lowest BCUT2D eigenvalue weighted by Crippen LogP contribution is -2.06. The van der Waals surface area contributed by atoms with E-state index in [1.807, 2.05) is 24.3 Å². The Morgan fingerprint density at radius 2 is 1.96 bits per heavy atom. The highest BCUT2D eigenvalue weighted by Crippen LogP contribution is 2.36. The van der Waals surface area contributed by atoms with Gasteiger partial charge in [-0.25, -0.2) is 4.98 Å². The van der Waals surface area contributed by atoms with Crippen molar-refractivity contribution in [3.8, 4) is 11.3 Å². The molecule has 0 radical (unpaired) electrons. The van der Waals surface area contributed by atoms with E-state index in [0.29, 0.717) is 17.8 Å². The van der Waals surface area contributed by atoms with E-state index in [2.05, 4.69) is 20.7 Å². The van der Waals surface area contributed by atoms with Crippen molar-refractivity contribution < 1.29 is 13.2 Å². The van der Waals surface area contributed by atoms with Crippen molar-refractivity contribution in [1.82, 2.24) is 14.8 Å². The summed E-state index contributed by atoms with van der Waals surface area (Å²) in [5.74, 6) is 0.765. The highest BCUT2D eigenvalue weighted by molar-refractivity contribution is 5.81. The molecule has 0 aliphatic carbocycles. The third kappa shape index (κ3) is 2.79. The molecule has 2 aromatic heterocycles. The van der Waals surface area contributed by atoms with E-state index in [-0.39, 0.29) is 0 Å². The number of anilines is 3. The number of nitrogens with one attached hydrogen (secondary N) is 2. The summed E-state index contributed by atoms with van der Waals surface area (Å²) in [6.07, 6.45) is -2.76. The Morgan fingerprint density at radius 3 is 2.72 bits per heavy atom. The van der Waals surface area contributed by atoms with E-state index in [9.17, 15) is 13.2 Å². The van der Waals surface area contributed by atoms with Crippen LogP contribution in [-0.2, 0) is 19.8 Å². The van der Waals surface area contributed by atoms with Gasteiger partial charge in [-0.3, -0.25) is 4.68 Å². The average Bonchev–Trinajstić information content (AvgIpc) is 2.87. The second-order valence-corrected chi connectivity index (χ2v) is 5.79. The summed E-state index contributed by atoms with van der Waals surface area (Å²) < 4.78 is 39.9. The molecule has 25 heavy (non-hydrogen) atoms. The molecule has 0 amide bonds. The van der Waals surface area contributed by atoms with Crippen molar-refractivity contribution in [2.75, 3.05) is 10.6 Å². The number of hydrogen-bond donors (Lipinski definition) is 2. The maximum atomic E-state index is 12.9. The molecule has 1 aliphatic heterocycles. The van der Waals surface area contributed by atoms with E-state index in [1.165, 1.54) is 11.7 Å². The number of nitrogens with zero attached hydrogens (tertiary/aromatic N) is 3. The summed E-state index contributed by atoms with van der Waals surface area (Å²) in [6, 6.07) is 10.3. The monoisotopic (exact) mass is 345 g/mol. The molecule has 5 nitrogen and oxygen atoms in total. The molecule has 4 rings (SSSR count). The van der Waals surface area contributed by atoms with Crippen LogP contribution in [0.4, 0.5) is 30.4 Å². The van der Waals surface area contributed by atoms with E-state index < -0.39 is 11.9 Å². The van der Waals surface area contributed by atoms with E-state index in [4.69, 9.17) is 0 Å². The van der Waals surface area contributed by atoms with Crippen LogP contribution in [0.3, 0.4) is 0 Å². The van der Waals surface area contributed by atoms with Crippen LogP contribution in [0.2, 0.25) is 0 Å². The normalized spacial score (nSPS) is 13.3. The lowest BCUT2D eigenvalue weighted by atomic mass is 10.1. The molecule has 0 saturated heterocycles. The number of rotatable bonds is 1. The Labute approximate surface area is 141 Å². The molecular weight excluding hydrogens is 331 g/mol. The van der Waals surface area contributed by atoms with Gasteiger partial charge in [-0.1, -0.05) is 12.1 Å². The van der Waals surface area contributed by atoms with E-state index in [0.717, 1.165) is 28.8 Å². The summed E-state index contributed by atoms with van der Waals surface area (Å²) in [5.41, 5.74) is 2.78. The lowest BCUT2D eigenvalue weighted by molar-refractivity contribution is -0.141. The molecule has 3 heterocycles. The van der Waals surface area contributed by atoms with Gasteiger partial charge in [0.1, 0.15) is 5.82 Å². The number of alkyl halides is 3. The van der Waals surface area contributed by atoms with Gasteiger partial charge in [-0.2, -0.15) is 18.3 Å². The van der Waals surface area contributed by atoms with Crippen LogP contribution < -0.4 is 10.6 Å². The smallest absolute Gasteiger partial charge is 0.379 e. The molecule has 0 fully saturated rings. The Kier molecular flexibility index (Phi) is 3.41. The van der Waals surface area contributed by atoms with Crippen molar-refractivity contribution in [2.45, 2.75) is 12.7 Å². The van der Waals surface area contributed by atoms with Gasteiger partial charge in [-0.15, -0.1) is 0 Å². The van der Waals surface area contributed by atoms with Gasteiger partial charge in [0.05, 0.1) is 17.1 Å². The topological polar surface area (TPSA) is 54.8 Å². The van der Waals surface area contributed by atoms with Crippen LogP contribution in [0, 0.1) is 0 Å². The SMILES string of the molecule is Cn1nc(C(F)(F)F)cc1-c1ccc2c(c1)NCc1cccnc1N2. The zero-order valence-electron chi connectivity index (χ0n) is 13.2. The maximum absolute atomic E-state index is 12.9. The molecule has 1 aromatic carbocycles. The van der Waals surface area contributed by atoms with Gasteiger partial charge >= 0.3 is 6.18 Å². The van der Waals surface area contributed by atoms with E-state index in [1.54, 1.807) is 12.3 Å². The molecule has 0 spiro atoms. The molecular formula is C17H14F3N5. The van der Waals surface area contributed by atoms with Gasteiger partial charge in [0.15, 0.2) is 5.69 Å². The largest absolute Gasteiger partial charge is 0.435 e. The molecule has 3 aromatic rings. The van der Waals surface area contributed by atoms with Gasteiger partial charge in [-0.05, 0) is 24.3 Å². The first-order valence-corrected chi connectivity index (χ1v) is 7.62. The number of aryl methyl sites for hydroxylation is 1. The molecule has 128 valence electrons. The van der Waals surface area contributed by atoms with Crippen molar-refractivity contribution in [3.05, 3.63) is 53.9 Å². The molecule has 2 N–H and O–H groups in total. The number of pyridine rings is 1. The van der Waals surface area contributed by atoms with Gasteiger partial charge in [0, 0.05) is 30.9 Å². The van der Waals surface area contributed by atoms with Crippen molar-refractivity contribution >= 4 is 17.2 Å². The lowest BCUT2D eigenvalue weighted by Gasteiger charge is -2.11. The first-order chi connectivity index (χ1) is 11.9. The third-order valence-corrected chi connectivity index (χ3v) is 4.10. The zero-order chi connectivity index (χ0) is 17.6. The molecule has 0 atom stereocenters. The quantitative estimate of drug-likeness (QED) is 0.695. The predicted molar refractivity (Wildman–Crippen MR) is 88.5 cm³/mol. The molecule has 0 saturated carbocycles. The van der Waals surface area contributed by atoms with Crippen LogP contribution in [0.15, 0.2) is 42.6 Å². The third-order valence-electron chi connectivity index (χ3n) is 4.10. The minimum absolute atomic E-state index is 0.400. The summed E-state index contributed by atoms with van der Waals surface area (Å²) in [4.78, 5) is 4.31. The fourth-order valence-electron chi connectivity index (χ4n) is 2.85. The molecule has 0 unspecified atom stereocenters. The minimum atomic E-state index is -4.46. The Hall–Kier alpha value is -3.03. The van der Waals surface area contributed by atoms with Crippen LogP contribution in [0.25, 0.3) is 11.3 Å². The number of aromatic nitrogens is 3. The number of fused-ring (bicyclic) bond motifs is 2. The summed E-state index contributed by atoms with van der Waals surface area (Å²) in [7, 11) is 1.50. The number of hydrogen-bond acceptors (Lipinski definition) is 4. The first kappa shape index (κ1) is 15.5. The van der Waals surface area contributed by atoms with Gasteiger partial charge < -0.3 is 10.6 Å². The molecule has 1 aliphatic rings. The second-order valence-electron chi connectivity index (χ2n) is 5.79. The van der Waals surface area contributed by atoms with Gasteiger partial charge in [0.25, 0.3) is 0 Å². The molecule has 8 heteroatoms. The highest BCUT2D eigenvalue weighted by Gasteiger charge is 2.34. The van der Waals surface area contributed by atoms with Crippen molar-refractivity contribution in [3.63, 3.8) is 0 Å². The Bertz CT molecular complexity index is 946. The van der Waals surface area contributed by atoms with Crippen LogP contribution in [0.1, 0.15) is 11.3 Å². The van der Waals surface area contributed by atoms with Crippen LogP contribution >= 0.6 is 0 Å². The first-order valence-electron chi connectivity index (χ1n) is 7.62. The Morgan fingerprint density at radius 1 is 1.12 bits per heavy atom. The number of benzene rings is 1. The molecule has 0 bridgehead atoms. The summed E-state index contributed by atoms with van der Waals surface area (Å²) >= 11 is 0. The van der Waals surface area contributed by atoms with Crippen LogP contribution in [0.5, 0.6) is 0 Å². The maximum Gasteiger partial charge on any atom is 0.435 e. The zero-order valence-corrected chi connectivity index (χ0v) is 13.2. The fraction of sp³-hybridized carbons (Fsp3) is 0.176.